The number of amides is 1. The molecule has 116 valence electrons. The van der Waals surface area contributed by atoms with Crippen molar-refractivity contribution in [1.82, 2.24) is 14.4 Å². The van der Waals surface area contributed by atoms with Crippen molar-refractivity contribution < 1.29 is 4.79 Å². The van der Waals surface area contributed by atoms with Crippen molar-refractivity contribution in [2.24, 2.45) is 12.8 Å². The van der Waals surface area contributed by atoms with Crippen molar-refractivity contribution in [1.29, 1.82) is 0 Å². The lowest BCUT2D eigenvalue weighted by atomic mass is 10.1. The Labute approximate surface area is 125 Å². The minimum atomic E-state index is -0.159. The summed E-state index contributed by atoms with van der Waals surface area (Å²) in [6.45, 7) is 5.83. The third-order valence-electron chi connectivity index (χ3n) is 4.21. The maximum atomic E-state index is 12.4. The van der Waals surface area contributed by atoms with Crippen molar-refractivity contribution in [3.63, 3.8) is 0 Å². The minimum absolute atomic E-state index is 0.0619. The summed E-state index contributed by atoms with van der Waals surface area (Å²) >= 11 is 0. The molecule has 6 nitrogen and oxygen atoms in total. The summed E-state index contributed by atoms with van der Waals surface area (Å²) < 4.78 is 1.46. The lowest BCUT2D eigenvalue weighted by Gasteiger charge is -2.38. The Morgan fingerprint density at radius 1 is 1.33 bits per heavy atom. The molecule has 0 aliphatic carbocycles. The van der Waals surface area contributed by atoms with Gasteiger partial charge in [0.2, 0.25) is 0 Å². The van der Waals surface area contributed by atoms with Crippen molar-refractivity contribution in [2.45, 2.75) is 19.4 Å². The van der Waals surface area contributed by atoms with E-state index in [-0.39, 0.29) is 11.5 Å². The Balaban J connectivity index is 2.00. The Bertz CT molecular complexity index is 543. The highest BCUT2D eigenvalue weighted by Gasteiger charge is 2.25. The van der Waals surface area contributed by atoms with Crippen LogP contribution in [0.4, 0.5) is 0 Å². The monoisotopic (exact) mass is 292 g/mol. The van der Waals surface area contributed by atoms with E-state index >= 15 is 0 Å². The van der Waals surface area contributed by atoms with Crippen LogP contribution in [0.5, 0.6) is 0 Å². The molecule has 0 saturated carbocycles. The number of nitrogens with zero attached hydrogens (tertiary/aromatic N) is 3. The molecule has 2 N–H and O–H groups in total. The molecule has 0 aromatic carbocycles. The third kappa shape index (κ3) is 3.51. The van der Waals surface area contributed by atoms with E-state index in [0.29, 0.717) is 31.2 Å². The third-order valence-corrected chi connectivity index (χ3v) is 4.21. The van der Waals surface area contributed by atoms with Gasteiger partial charge in [-0.3, -0.25) is 14.5 Å². The van der Waals surface area contributed by atoms with Gasteiger partial charge in [0, 0.05) is 63.6 Å². The van der Waals surface area contributed by atoms with E-state index in [4.69, 9.17) is 5.73 Å². The van der Waals surface area contributed by atoms with Crippen LogP contribution in [-0.4, -0.2) is 59.0 Å². The number of rotatable bonds is 4. The van der Waals surface area contributed by atoms with Gasteiger partial charge >= 0.3 is 0 Å². The van der Waals surface area contributed by atoms with Crippen LogP contribution in [0.25, 0.3) is 0 Å². The first-order valence-electron chi connectivity index (χ1n) is 7.47. The van der Waals surface area contributed by atoms with E-state index < -0.39 is 0 Å². The normalized spacial score (nSPS) is 17.8. The highest BCUT2D eigenvalue weighted by molar-refractivity contribution is 5.94. The summed E-state index contributed by atoms with van der Waals surface area (Å²) in [5.74, 6) is -0.0619. The van der Waals surface area contributed by atoms with Gasteiger partial charge in [0.15, 0.2) is 0 Å². The van der Waals surface area contributed by atoms with Crippen molar-refractivity contribution in [3.8, 4) is 0 Å². The lowest BCUT2D eigenvalue weighted by molar-refractivity contribution is 0.0571. The number of aryl methyl sites for hydroxylation is 1. The molecule has 2 rings (SSSR count). The number of piperazine rings is 1. The molecule has 1 unspecified atom stereocenters. The highest BCUT2D eigenvalue weighted by Crippen LogP contribution is 2.11. The van der Waals surface area contributed by atoms with Crippen LogP contribution >= 0.6 is 0 Å². The number of carbonyl (C=O) groups excluding carboxylic acids is 1. The summed E-state index contributed by atoms with van der Waals surface area (Å²) in [7, 11) is 1.67. The molecule has 2 heterocycles. The zero-order valence-corrected chi connectivity index (χ0v) is 12.8. The Hall–Kier alpha value is -1.66. The van der Waals surface area contributed by atoms with E-state index in [1.165, 1.54) is 10.6 Å². The quantitative estimate of drug-likeness (QED) is 0.840. The van der Waals surface area contributed by atoms with Crippen molar-refractivity contribution in [2.75, 3.05) is 32.7 Å². The van der Waals surface area contributed by atoms with Gasteiger partial charge in [-0.1, -0.05) is 6.92 Å². The number of pyridine rings is 1. The number of hydrogen-bond donors (Lipinski definition) is 1. The summed E-state index contributed by atoms with van der Waals surface area (Å²) in [5, 5.41) is 0. The van der Waals surface area contributed by atoms with Crippen LogP contribution in [0.3, 0.4) is 0 Å². The predicted molar refractivity (Wildman–Crippen MR) is 82.3 cm³/mol. The van der Waals surface area contributed by atoms with Crippen LogP contribution in [0, 0.1) is 0 Å². The smallest absolute Gasteiger partial charge is 0.254 e. The van der Waals surface area contributed by atoms with E-state index in [2.05, 4.69) is 11.8 Å². The minimum Gasteiger partial charge on any atom is -0.336 e. The first-order chi connectivity index (χ1) is 10.1. The largest absolute Gasteiger partial charge is 0.336 e. The fourth-order valence-corrected chi connectivity index (χ4v) is 2.73. The van der Waals surface area contributed by atoms with Gasteiger partial charge in [0.1, 0.15) is 0 Å². The molecule has 6 heteroatoms. The van der Waals surface area contributed by atoms with E-state index in [0.717, 1.165) is 19.5 Å². The second kappa shape index (κ2) is 6.87. The molecule has 0 bridgehead atoms. The maximum Gasteiger partial charge on any atom is 0.254 e. The van der Waals surface area contributed by atoms with E-state index in [1.807, 2.05) is 4.90 Å². The molecular formula is C15H24N4O2. The molecule has 1 atom stereocenters. The lowest BCUT2D eigenvalue weighted by Crippen LogP contribution is -2.53. The first-order valence-corrected chi connectivity index (χ1v) is 7.47. The van der Waals surface area contributed by atoms with Crippen LogP contribution in [0.15, 0.2) is 23.1 Å². The molecule has 1 aromatic rings. The molecular weight excluding hydrogens is 268 g/mol. The zero-order chi connectivity index (χ0) is 15.4. The SMILES string of the molecule is CCC(CN)N1CCN(C(=O)c2ccn(C)c(=O)c2)CC1. The second-order valence-electron chi connectivity index (χ2n) is 5.49. The van der Waals surface area contributed by atoms with Crippen LogP contribution in [0.1, 0.15) is 23.7 Å². The van der Waals surface area contributed by atoms with E-state index in [1.54, 1.807) is 19.3 Å². The predicted octanol–water partition coefficient (Wildman–Crippen LogP) is -0.120. The molecule has 1 aliphatic rings. The number of nitrogens with two attached hydrogens (primary N) is 1. The van der Waals surface area contributed by atoms with Crippen LogP contribution < -0.4 is 11.3 Å². The fraction of sp³-hybridized carbons (Fsp3) is 0.600. The molecule has 1 fully saturated rings. The molecule has 0 radical (unpaired) electrons. The summed E-state index contributed by atoms with van der Waals surface area (Å²) in [6.07, 6.45) is 2.66. The van der Waals surface area contributed by atoms with Crippen molar-refractivity contribution >= 4 is 5.91 Å². The van der Waals surface area contributed by atoms with Crippen molar-refractivity contribution in [3.05, 3.63) is 34.2 Å². The van der Waals surface area contributed by atoms with Crippen LogP contribution in [0.2, 0.25) is 0 Å². The molecule has 1 amide bonds. The number of hydrogen-bond acceptors (Lipinski definition) is 4. The topological polar surface area (TPSA) is 71.6 Å². The fourth-order valence-electron chi connectivity index (χ4n) is 2.73. The van der Waals surface area contributed by atoms with Crippen LogP contribution in [-0.2, 0) is 7.05 Å². The summed E-state index contributed by atoms with van der Waals surface area (Å²) in [4.78, 5) is 28.2. The van der Waals surface area contributed by atoms with Gasteiger partial charge < -0.3 is 15.2 Å². The second-order valence-corrected chi connectivity index (χ2v) is 5.49. The summed E-state index contributed by atoms with van der Waals surface area (Å²) in [5.41, 5.74) is 6.08. The standard InChI is InChI=1S/C15H24N4O2/c1-3-13(11-16)18-6-8-19(9-7-18)15(21)12-4-5-17(2)14(20)10-12/h4-5,10,13H,3,6-9,11,16H2,1-2H3. The summed E-state index contributed by atoms with van der Waals surface area (Å²) in [6, 6.07) is 3.50. The maximum absolute atomic E-state index is 12.4. The zero-order valence-electron chi connectivity index (χ0n) is 12.8. The Kier molecular flexibility index (Phi) is 5.14. The van der Waals surface area contributed by atoms with Gasteiger partial charge in [-0.25, -0.2) is 0 Å². The molecule has 1 saturated heterocycles. The Morgan fingerprint density at radius 2 is 2.00 bits per heavy atom. The molecule has 1 aliphatic heterocycles. The first kappa shape index (κ1) is 15.7. The van der Waals surface area contributed by atoms with Gasteiger partial charge in [-0.05, 0) is 12.5 Å². The molecule has 1 aromatic heterocycles. The number of aromatic nitrogens is 1. The highest BCUT2D eigenvalue weighted by atomic mass is 16.2. The number of carbonyl (C=O) groups is 1. The van der Waals surface area contributed by atoms with Gasteiger partial charge in [-0.2, -0.15) is 0 Å². The molecule has 0 spiro atoms. The van der Waals surface area contributed by atoms with E-state index in [9.17, 15) is 9.59 Å². The Morgan fingerprint density at radius 3 is 2.52 bits per heavy atom. The van der Waals surface area contributed by atoms with Gasteiger partial charge in [-0.15, -0.1) is 0 Å². The van der Waals surface area contributed by atoms with Gasteiger partial charge in [0.05, 0.1) is 0 Å². The average molecular weight is 292 g/mol. The van der Waals surface area contributed by atoms with Gasteiger partial charge in [0.25, 0.3) is 11.5 Å². The average Bonchev–Trinajstić information content (AvgIpc) is 2.51. The molecule has 21 heavy (non-hydrogen) atoms.